The molecule has 0 radical (unpaired) electrons. The molecule has 3 rings (SSSR count). The van der Waals surface area contributed by atoms with Crippen molar-refractivity contribution in [2.24, 2.45) is 0 Å². The Morgan fingerprint density at radius 2 is 2.43 bits per heavy atom. The molecule has 2 atom stereocenters. The van der Waals surface area contributed by atoms with E-state index in [2.05, 4.69) is 30.4 Å². The van der Waals surface area contributed by atoms with Gasteiger partial charge in [-0.1, -0.05) is 0 Å². The molecule has 122 valence electrons. The number of aryl methyl sites for hydroxylation is 1. The highest BCUT2D eigenvalue weighted by Crippen LogP contribution is 2.24. The summed E-state index contributed by atoms with van der Waals surface area (Å²) in [6, 6.07) is 3.72. The number of nitrogens with zero attached hydrogens (tertiary/aromatic N) is 4. The molecule has 0 unspecified atom stereocenters. The number of carbonyl (C=O) groups excluding carboxylic acids is 1. The standard InChI is InChI=1S/C15H20N6O2/c1-10-5-13(20-19-10)15(22)17-7-11-6-12(23-2)8-21(11)14-3-4-16-9-18-14/h3-5,9,11-12H,6-8H2,1-2H3,(H,17,22)(H,19,20)/t11-,12-/m1/s1. The highest BCUT2D eigenvalue weighted by Gasteiger charge is 2.33. The van der Waals surface area contributed by atoms with Gasteiger partial charge in [-0.3, -0.25) is 9.89 Å². The minimum absolute atomic E-state index is 0.124. The monoisotopic (exact) mass is 316 g/mol. The molecule has 2 N–H and O–H groups in total. The number of H-pyrrole nitrogens is 1. The van der Waals surface area contributed by atoms with Crippen molar-refractivity contribution in [1.29, 1.82) is 0 Å². The Labute approximate surface area is 134 Å². The van der Waals surface area contributed by atoms with Gasteiger partial charge in [-0.05, 0) is 25.5 Å². The van der Waals surface area contributed by atoms with E-state index in [-0.39, 0.29) is 18.1 Å². The van der Waals surface area contributed by atoms with Gasteiger partial charge in [0.1, 0.15) is 17.8 Å². The maximum absolute atomic E-state index is 12.1. The van der Waals surface area contributed by atoms with E-state index in [0.29, 0.717) is 12.2 Å². The Balaban J connectivity index is 1.66. The van der Waals surface area contributed by atoms with Crippen LogP contribution in [0.15, 0.2) is 24.7 Å². The quantitative estimate of drug-likeness (QED) is 0.835. The summed E-state index contributed by atoms with van der Waals surface area (Å²) in [4.78, 5) is 22.5. The Bertz CT molecular complexity index is 659. The van der Waals surface area contributed by atoms with Gasteiger partial charge in [0.25, 0.3) is 5.91 Å². The minimum atomic E-state index is -0.183. The molecular weight excluding hydrogens is 296 g/mol. The van der Waals surface area contributed by atoms with Crippen LogP contribution >= 0.6 is 0 Å². The number of aromatic nitrogens is 4. The first-order chi connectivity index (χ1) is 11.2. The number of carbonyl (C=O) groups is 1. The van der Waals surface area contributed by atoms with Crippen molar-refractivity contribution in [2.75, 3.05) is 25.1 Å². The number of methoxy groups -OCH3 is 1. The summed E-state index contributed by atoms with van der Waals surface area (Å²) in [6.07, 6.45) is 4.20. The molecule has 1 aliphatic heterocycles. The molecule has 0 saturated carbocycles. The molecule has 0 aliphatic carbocycles. The van der Waals surface area contributed by atoms with Crippen LogP contribution in [-0.4, -0.2) is 58.4 Å². The summed E-state index contributed by atoms with van der Waals surface area (Å²) in [7, 11) is 1.70. The van der Waals surface area contributed by atoms with Crippen molar-refractivity contribution >= 4 is 11.7 Å². The first-order valence-electron chi connectivity index (χ1n) is 7.53. The smallest absolute Gasteiger partial charge is 0.271 e. The molecule has 0 spiro atoms. The van der Waals surface area contributed by atoms with E-state index in [1.54, 1.807) is 19.4 Å². The van der Waals surface area contributed by atoms with E-state index < -0.39 is 0 Å². The Morgan fingerprint density at radius 1 is 1.57 bits per heavy atom. The lowest BCUT2D eigenvalue weighted by molar-refractivity contribution is 0.0941. The maximum atomic E-state index is 12.1. The van der Waals surface area contributed by atoms with E-state index in [1.807, 2.05) is 13.0 Å². The predicted molar refractivity (Wildman–Crippen MR) is 84.2 cm³/mol. The summed E-state index contributed by atoms with van der Waals surface area (Å²) in [5, 5.41) is 9.68. The van der Waals surface area contributed by atoms with Crippen LogP contribution < -0.4 is 10.2 Å². The molecule has 1 aliphatic rings. The van der Waals surface area contributed by atoms with Crippen molar-refractivity contribution in [3.8, 4) is 0 Å². The van der Waals surface area contributed by atoms with Crippen LogP contribution in [0.5, 0.6) is 0 Å². The van der Waals surface area contributed by atoms with Gasteiger partial charge in [0.2, 0.25) is 0 Å². The minimum Gasteiger partial charge on any atom is -0.380 e. The fraction of sp³-hybridized carbons (Fsp3) is 0.467. The van der Waals surface area contributed by atoms with Crippen LogP contribution in [0.3, 0.4) is 0 Å². The first kappa shape index (κ1) is 15.4. The Morgan fingerprint density at radius 3 is 3.09 bits per heavy atom. The summed E-state index contributed by atoms with van der Waals surface area (Å²) in [6.45, 7) is 3.12. The number of aromatic amines is 1. The number of rotatable bonds is 5. The van der Waals surface area contributed by atoms with Gasteiger partial charge in [-0.2, -0.15) is 5.10 Å². The SMILES string of the molecule is CO[C@@H]1C[C@H](CNC(=O)c2cc(C)[nH]n2)N(c2ccncn2)C1. The van der Waals surface area contributed by atoms with Crippen molar-refractivity contribution in [1.82, 2.24) is 25.5 Å². The molecule has 0 aromatic carbocycles. The second kappa shape index (κ2) is 6.74. The first-order valence-corrected chi connectivity index (χ1v) is 7.53. The summed E-state index contributed by atoms with van der Waals surface area (Å²) in [5.74, 6) is 0.660. The molecule has 8 nitrogen and oxygen atoms in total. The van der Waals surface area contributed by atoms with E-state index in [9.17, 15) is 4.79 Å². The Kier molecular flexibility index (Phi) is 4.52. The topological polar surface area (TPSA) is 96.0 Å². The predicted octanol–water partition coefficient (Wildman–Crippen LogP) is 0.532. The molecule has 2 aromatic heterocycles. The molecular formula is C15H20N6O2. The number of anilines is 1. The van der Waals surface area contributed by atoms with Gasteiger partial charge in [-0.25, -0.2) is 9.97 Å². The number of hydrogen-bond donors (Lipinski definition) is 2. The zero-order valence-electron chi connectivity index (χ0n) is 13.2. The van der Waals surface area contributed by atoms with Crippen LogP contribution in [0, 0.1) is 6.92 Å². The highest BCUT2D eigenvalue weighted by atomic mass is 16.5. The largest absolute Gasteiger partial charge is 0.380 e. The van der Waals surface area contributed by atoms with Gasteiger partial charge in [0.15, 0.2) is 0 Å². The van der Waals surface area contributed by atoms with Crippen LogP contribution in [0.4, 0.5) is 5.82 Å². The molecule has 2 aromatic rings. The lowest BCUT2D eigenvalue weighted by Gasteiger charge is -2.25. The molecule has 1 amide bonds. The van der Waals surface area contributed by atoms with Crippen molar-refractivity contribution in [2.45, 2.75) is 25.5 Å². The molecule has 1 saturated heterocycles. The average molecular weight is 316 g/mol. The fourth-order valence-electron chi connectivity index (χ4n) is 2.81. The average Bonchev–Trinajstić information content (AvgIpc) is 3.19. The summed E-state index contributed by atoms with van der Waals surface area (Å²) in [5.41, 5.74) is 1.26. The molecule has 23 heavy (non-hydrogen) atoms. The van der Waals surface area contributed by atoms with Gasteiger partial charge in [-0.15, -0.1) is 0 Å². The van der Waals surface area contributed by atoms with Crippen LogP contribution in [0.1, 0.15) is 22.6 Å². The third-order valence-electron chi connectivity index (χ3n) is 4.01. The van der Waals surface area contributed by atoms with E-state index in [0.717, 1.165) is 24.5 Å². The van der Waals surface area contributed by atoms with Crippen LogP contribution in [-0.2, 0) is 4.74 Å². The van der Waals surface area contributed by atoms with E-state index in [1.165, 1.54) is 6.33 Å². The molecule has 8 heteroatoms. The maximum Gasteiger partial charge on any atom is 0.271 e. The van der Waals surface area contributed by atoms with Crippen LogP contribution in [0.25, 0.3) is 0 Å². The fourth-order valence-corrected chi connectivity index (χ4v) is 2.81. The zero-order chi connectivity index (χ0) is 16.2. The second-order valence-electron chi connectivity index (χ2n) is 5.61. The number of ether oxygens (including phenoxy) is 1. The third-order valence-corrected chi connectivity index (χ3v) is 4.01. The second-order valence-corrected chi connectivity index (χ2v) is 5.61. The van der Waals surface area contributed by atoms with E-state index >= 15 is 0 Å². The molecule has 1 fully saturated rings. The third kappa shape index (κ3) is 3.48. The van der Waals surface area contributed by atoms with Gasteiger partial charge < -0.3 is 15.0 Å². The van der Waals surface area contributed by atoms with Gasteiger partial charge in [0, 0.05) is 32.1 Å². The van der Waals surface area contributed by atoms with Crippen molar-refractivity contribution in [3.63, 3.8) is 0 Å². The molecule has 0 bridgehead atoms. The summed E-state index contributed by atoms with van der Waals surface area (Å²) >= 11 is 0. The number of amides is 1. The van der Waals surface area contributed by atoms with Crippen LogP contribution in [0.2, 0.25) is 0 Å². The van der Waals surface area contributed by atoms with E-state index in [4.69, 9.17) is 4.74 Å². The number of hydrogen-bond acceptors (Lipinski definition) is 6. The van der Waals surface area contributed by atoms with Gasteiger partial charge >= 0.3 is 0 Å². The van der Waals surface area contributed by atoms with Crippen molar-refractivity contribution < 1.29 is 9.53 Å². The zero-order valence-corrected chi connectivity index (χ0v) is 13.2. The highest BCUT2D eigenvalue weighted by molar-refractivity contribution is 5.92. The molecule has 3 heterocycles. The van der Waals surface area contributed by atoms with Crippen molar-refractivity contribution in [3.05, 3.63) is 36.0 Å². The number of nitrogens with one attached hydrogen (secondary N) is 2. The van der Waals surface area contributed by atoms with Gasteiger partial charge in [0.05, 0.1) is 12.1 Å². The lowest BCUT2D eigenvalue weighted by atomic mass is 10.2. The normalized spacial score (nSPS) is 20.7. The Hall–Kier alpha value is -2.48. The summed E-state index contributed by atoms with van der Waals surface area (Å²) < 4.78 is 5.47. The lowest BCUT2D eigenvalue weighted by Crippen LogP contribution is -2.40.